The molecule has 0 unspecified atom stereocenters. The van der Waals surface area contributed by atoms with E-state index in [0.717, 1.165) is 11.4 Å². The first-order valence-electron chi connectivity index (χ1n) is 8.21. The number of anilines is 2. The second-order valence-electron chi connectivity index (χ2n) is 6.73. The van der Waals surface area contributed by atoms with Crippen LogP contribution in [0.1, 0.15) is 30.6 Å². The van der Waals surface area contributed by atoms with E-state index in [4.69, 9.17) is 5.11 Å². The molecule has 0 atom stereocenters. The monoisotopic (exact) mass is 326 g/mol. The number of nitrogens with one attached hydrogen (secondary N) is 1. The summed E-state index contributed by atoms with van der Waals surface area (Å²) in [5, 5.41) is 12.1. The van der Waals surface area contributed by atoms with Gasteiger partial charge in [-0.3, -0.25) is 4.79 Å². The summed E-state index contributed by atoms with van der Waals surface area (Å²) in [6.45, 7) is 4.71. The SMILES string of the molecule is CN(c1ccccc1)c1ccccc1C(=O)NCC(C)(C)CCO. The average molecular weight is 326 g/mol. The molecule has 0 fully saturated rings. The van der Waals surface area contributed by atoms with Crippen molar-refractivity contribution in [1.82, 2.24) is 5.32 Å². The molecule has 0 aliphatic rings. The van der Waals surface area contributed by atoms with Gasteiger partial charge in [0, 0.05) is 25.9 Å². The molecule has 0 saturated carbocycles. The summed E-state index contributed by atoms with van der Waals surface area (Å²) in [6, 6.07) is 17.5. The first-order valence-corrected chi connectivity index (χ1v) is 8.21. The zero-order chi connectivity index (χ0) is 17.6. The van der Waals surface area contributed by atoms with Gasteiger partial charge < -0.3 is 15.3 Å². The van der Waals surface area contributed by atoms with Crippen molar-refractivity contribution >= 4 is 17.3 Å². The van der Waals surface area contributed by atoms with Gasteiger partial charge in [0.1, 0.15) is 0 Å². The standard InChI is InChI=1S/C20H26N2O2/c1-20(2,13-14-23)15-21-19(24)17-11-7-8-12-18(17)22(3)16-9-5-4-6-10-16/h4-12,23H,13-15H2,1-3H3,(H,21,24). The van der Waals surface area contributed by atoms with E-state index in [0.29, 0.717) is 18.5 Å². The third kappa shape index (κ3) is 4.59. The number of nitrogens with zero attached hydrogens (tertiary/aromatic N) is 1. The van der Waals surface area contributed by atoms with Crippen molar-refractivity contribution in [2.75, 3.05) is 25.1 Å². The molecule has 0 aromatic heterocycles. The molecular formula is C20H26N2O2. The number of amides is 1. The summed E-state index contributed by atoms with van der Waals surface area (Å²) in [5.74, 6) is -0.0978. The van der Waals surface area contributed by atoms with Crippen molar-refractivity contribution in [3.63, 3.8) is 0 Å². The number of aliphatic hydroxyl groups excluding tert-OH is 1. The van der Waals surface area contributed by atoms with Crippen LogP contribution in [0.15, 0.2) is 54.6 Å². The largest absolute Gasteiger partial charge is 0.396 e. The molecule has 2 aromatic carbocycles. The van der Waals surface area contributed by atoms with Gasteiger partial charge in [-0.05, 0) is 36.1 Å². The van der Waals surface area contributed by atoms with Gasteiger partial charge in [0.25, 0.3) is 5.91 Å². The molecule has 0 bridgehead atoms. The fraction of sp³-hybridized carbons (Fsp3) is 0.350. The fourth-order valence-corrected chi connectivity index (χ4v) is 2.55. The van der Waals surface area contributed by atoms with Gasteiger partial charge in [-0.2, -0.15) is 0 Å². The molecule has 24 heavy (non-hydrogen) atoms. The van der Waals surface area contributed by atoms with E-state index in [-0.39, 0.29) is 17.9 Å². The zero-order valence-electron chi connectivity index (χ0n) is 14.6. The molecule has 1 amide bonds. The highest BCUT2D eigenvalue weighted by molar-refractivity contribution is 6.00. The van der Waals surface area contributed by atoms with Crippen LogP contribution in [0.25, 0.3) is 0 Å². The van der Waals surface area contributed by atoms with E-state index in [1.165, 1.54) is 0 Å². The molecule has 0 radical (unpaired) electrons. The Labute approximate surface area is 144 Å². The first kappa shape index (κ1) is 18.0. The van der Waals surface area contributed by atoms with Crippen molar-refractivity contribution in [3.05, 3.63) is 60.2 Å². The lowest BCUT2D eigenvalue weighted by molar-refractivity contribution is 0.0929. The summed E-state index contributed by atoms with van der Waals surface area (Å²) in [4.78, 5) is 14.7. The molecule has 2 aromatic rings. The lowest BCUT2D eigenvalue weighted by Gasteiger charge is -2.25. The van der Waals surface area contributed by atoms with Crippen LogP contribution in [-0.4, -0.2) is 31.2 Å². The van der Waals surface area contributed by atoms with Crippen LogP contribution < -0.4 is 10.2 Å². The minimum atomic E-state index is -0.134. The molecule has 2 N–H and O–H groups in total. The number of para-hydroxylation sites is 2. The van der Waals surface area contributed by atoms with Crippen LogP contribution in [0.4, 0.5) is 11.4 Å². The van der Waals surface area contributed by atoms with Crippen molar-refractivity contribution in [2.24, 2.45) is 5.41 Å². The molecule has 2 rings (SSSR count). The highest BCUT2D eigenvalue weighted by atomic mass is 16.3. The molecule has 128 valence electrons. The number of carbonyl (C=O) groups excluding carboxylic acids is 1. The molecule has 4 nitrogen and oxygen atoms in total. The highest BCUT2D eigenvalue weighted by Crippen LogP contribution is 2.27. The molecule has 0 aliphatic carbocycles. The topological polar surface area (TPSA) is 52.6 Å². The van der Waals surface area contributed by atoms with E-state index in [1.807, 2.05) is 80.4 Å². The number of hydrogen-bond acceptors (Lipinski definition) is 3. The smallest absolute Gasteiger partial charge is 0.253 e. The Morgan fingerprint density at radius 2 is 1.71 bits per heavy atom. The lowest BCUT2D eigenvalue weighted by Crippen LogP contribution is -2.35. The fourth-order valence-electron chi connectivity index (χ4n) is 2.55. The summed E-state index contributed by atoms with van der Waals surface area (Å²) >= 11 is 0. The molecule has 0 heterocycles. The Morgan fingerprint density at radius 3 is 2.38 bits per heavy atom. The number of hydrogen-bond donors (Lipinski definition) is 2. The van der Waals surface area contributed by atoms with Crippen LogP contribution in [0.3, 0.4) is 0 Å². The predicted octanol–water partition coefficient (Wildman–Crippen LogP) is 3.59. The van der Waals surface area contributed by atoms with Gasteiger partial charge in [-0.25, -0.2) is 0 Å². The molecule has 0 saturated heterocycles. The quantitative estimate of drug-likeness (QED) is 0.817. The minimum Gasteiger partial charge on any atom is -0.396 e. The van der Waals surface area contributed by atoms with Crippen LogP contribution in [-0.2, 0) is 0 Å². The molecule has 0 spiro atoms. The Hall–Kier alpha value is -2.33. The van der Waals surface area contributed by atoms with E-state index >= 15 is 0 Å². The maximum Gasteiger partial charge on any atom is 0.253 e. The Kier molecular flexibility index (Phi) is 5.99. The Balaban J connectivity index is 2.18. The highest BCUT2D eigenvalue weighted by Gasteiger charge is 2.20. The number of rotatable bonds is 7. The third-order valence-corrected chi connectivity index (χ3v) is 4.17. The van der Waals surface area contributed by atoms with Gasteiger partial charge in [0.15, 0.2) is 0 Å². The number of aliphatic hydroxyl groups is 1. The Bertz CT molecular complexity index is 668. The van der Waals surface area contributed by atoms with Crippen molar-refractivity contribution in [1.29, 1.82) is 0 Å². The summed E-state index contributed by atoms with van der Waals surface area (Å²) < 4.78 is 0. The lowest BCUT2D eigenvalue weighted by atomic mass is 9.89. The minimum absolute atomic E-state index is 0.0978. The van der Waals surface area contributed by atoms with Gasteiger partial charge in [-0.1, -0.05) is 44.2 Å². The van der Waals surface area contributed by atoms with E-state index in [9.17, 15) is 4.79 Å². The average Bonchev–Trinajstić information content (AvgIpc) is 2.60. The van der Waals surface area contributed by atoms with Crippen LogP contribution >= 0.6 is 0 Å². The first-order chi connectivity index (χ1) is 11.4. The van der Waals surface area contributed by atoms with Crippen molar-refractivity contribution < 1.29 is 9.90 Å². The molecular weight excluding hydrogens is 300 g/mol. The molecule has 0 aliphatic heterocycles. The van der Waals surface area contributed by atoms with Crippen LogP contribution in [0.5, 0.6) is 0 Å². The number of benzene rings is 2. The zero-order valence-corrected chi connectivity index (χ0v) is 14.6. The van der Waals surface area contributed by atoms with E-state index < -0.39 is 0 Å². The van der Waals surface area contributed by atoms with Gasteiger partial charge >= 0.3 is 0 Å². The second kappa shape index (κ2) is 7.97. The van der Waals surface area contributed by atoms with Crippen molar-refractivity contribution in [2.45, 2.75) is 20.3 Å². The third-order valence-electron chi connectivity index (χ3n) is 4.17. The predicted molar refractivity (Wildman–Crippen MR) is 98.8 cm³/mol. The van der Waals surface area contributed by atoms with E-state index in [1.54, 1.807) is 0 Å². The Morgan fingerprint density at radius 1 is 1.08 bits per heavy atom. The maximum absolute atomic E-state index is 12.7. The summed E-state index contributed by atoms with van der Waals surface area (Å²) in [7, 11) is 1.96. The van der Waals surface area contributed by atoms with Gasteiger partial charge in [0.05, 0.1) is 11.3 Å². The normalized spacial score (nSPS) is 11.2. The van der Waals surface area contributed by atoms with Crippen LogP contribution in [0.2, 0.25) is 0 Å². The van der Waals surface area contributed by atoms with Crippen molar-refractivity contribution in [3.8, 4) is 0 Å². The van der Waals surface area contributed by atoms with Gasteiger partial charge in [0.2, 0.25) is 0 Å². The molecule has 4 heteroatoms. The summed E-state index contributed by atoms with van der Waals surface area (Å²) in [5.41, 5.74) is 2.40. The van der Waals surface area contributed by atoms with Crippen LogP contribution in [0, 0.1) is 5.41 Å². The van der Waals surface area contributed by atoms with E-state index in [2.05, 4.69) is 5.32 Å². The summed E-state index contributed by atoms with van der Waals surface area (Å²) in [6.07, 6.45) is 0.652. The second-order valence-corrected chi connectivity index (χ2v) is 6.73. The van der Waals surface area contributed by atoms with Gasteiger partial charge in [-0.15, -0.1) is 0 Å². The maximum atomic E-state index is 12.7. The number of carbonyl (C=O) groups is 1.